The van der Waals surface area contributed by atoms with Crippen molar-refractivity contribution in [1.82, 2.24) is 9.97 Å². The maximum Gasteiger partial charge on any atom is 0.142 e. The SMILES string of the molecule is Cl.c1ccc(Cc2csc(-c3ccccn3)n2)cc1. The highest BCUT2D eigenvalue weighted by Gasteiger charge is 2.05. The van der Waals surface area contributed by atoms with Gasteiger partial charge >= 0.3 is 0 Å². The van der Waals surface area contributed by atoms with Gasteiger partial charge in [-0.2, -0.15) is 0 Å². The molecule has 0 amide bonds. The van der Waals surface area contributed by atoms with Crippen molar-refractivity contribution in [3.8, 4) is 10.7 Å². The third-order valence-electron chi connectivity index (χ3n) is 2.66. The van der Waals surface area contributed by atoms with E-state index in [1.54, 1.807) is 17.5 Å². The van der Waals surface area contributed by atoms with E-state index >= 15 is 0 Å². The maximum atomic E-state index is 4.63. The summed E-state index contributed by atoms with van der Waals surface area (Å²) in [6.45, 7) is 0. The number of halogens is 1. The average molecular weight is 289 g/mol. The van der Waals surface area contributed by atoms with Crippen LogP contribution in [0.1, 0.15) is 11.3 Å². The third-order valence-corrected chi connectivity index (χ3v) is 3.58. The van der Waals surface area contributed by atoms with E-state index in [2.05, 4.69) is 39.6 Å². The molecule has 4 heteroatoms. The monoisotopic (exact) mass is 288 g/mol. The van der Waals surface area contributed by atoms with Gasteiger partial charge in [0.25, 0.3) is 0 Å². The number of rotatable bonds is 3. The molecule has 0 atom stereocenters. The number of nitrogens with zero attached hydrogens (tertiary/aromatic N) is 2. The number of aromatic nitrogens is 2. The summed E-state index contributed by atoms with van der Waals surface area (Å²) in [6.07, 6.45) is 2.68. The van der Waals surface area contributed by atoms with Crippen molar-refractivity contribution in [2.24, 2.45) is 0 Å². The van der Waals surface area contributed by atoms with Gasteiger partial charge in [0.1, 0.15) is 5.01 Å². The minimum atomic E-state index is 0. The molecular formula is C15H13ClN2S. The Morgan fingerprint density at radius 2 is 1.74 bits per heavy atom. The first-order valence-electron chi connectivity index (χ1n) is 5.81. The molecule has 0 N–H and O–H groups in total. The molecule has 19 heavy (non-hydrogen) atoms. The van der Waals surface area contributed by atoms with Crippen LogP contribution in [0.3, 0.4) is 0 Å². The number of hydrogen-bond donors (Lipinski definition) is 0. The Labute approximate surface area is 122 Å². The van der Waals surface area contributed by atoms with Gasteiger partial charge < -0.3 is 0 Å². The largest absolute Gasteiger partial charge is 0.254 e. The molecule has 0 saturated heterocycles. The van der Waals surface area contributed by atoms with Crippen LogP contribution < -0.4 is 0 Å². The Morgan fingerprint density at radius 1 is 0.947 bits per heavy atom. The summed E-state index contributed by atoms with van der Waals surface area (Å²) < 4.78 is 0. The maximum absolute atomic E-state index is 4.63. The van der Waals surface area contributed by atoms with Crippen LogP contribution in [-0.2, 0) is 6.42 Å². The molecule has 2 heterocycles. The fourth-order valence-electron chi connectivity index (χ4n) is 1.80. The molecule has 0 spiro atoms. The molecule has 0 fully saturated rings. The second-order valence-electron chi connectivity index (χ2n) is 4.02. The fraction of sp³-hybridized carbons (Fsp3) is 0.0667. The van der Waals surface area contributed by atoms with Gasteiger partial charge in [0.05, 0.1) is 11.4 Å². The van der Waals surface area contributed by atoms with Gasteiger partial charge in [0.2, 0.25) is 0 Å². The summed E-state index contributed by atoms with van der Waals surface area (Å²) >= 11 is 1.65. The summed E-state index contributed by atoms with van der Waals surface area (Å²) in [6, 6.07) is 16.3. The molecule has 1 aromatic carbocycles. The Hall–Kier alpha value is -1.71. The zero-order valence-electron chi connectivity index (χ0n) is 10.2. The van der Waals surface area contributed by atoms with Crippen LogP contribution in [0.15, 0.2) is 60.1 Å². The lowest BCUT2D eigenvalue weighted by Crippen LogP contribution is -1.88. The smallest absolute Gasteiger partial charge is 0.142 e. The van der Waals surface area contributed by atoms with Crippen LogP contribution in [0, 0.1) is 0 Å². The second-order valence-corrected chi connectivity index (χ2v) is 4.88. The topological polar surface area (TPSA) is 25.8 Å². The third kappa shape index (κ3) is 3.40. The second kappa shape index (κ2) is 6.45. The molecule has 0 unspecified atom stereocenters. The normalized spacial score (nSPS) is 9.89. The highest BCUT2D eigenvalue weighted by molar-refractivity contribution is 7.13. The molecule has 0 radical (unpaired) electrons. The van der Waals surface area contributed by atoms with E-state index in [4.69, 9.17) is 0 Å². The van der Waals surface area contributed by atoms with Crippen molar-refractivity contribution in [3.05, 3.63) is 71.4 Å². The Kier molecular flexibility index (Phi) is 4.66. The van der Waals surface area contributed by atoms with Crippen LogP contribution in [0.4, 0.5) is 0 Å². The zero-order valence-corrected chi connectivity index (χ0v) is 11.8. The average Bonchev–Trinajstić information content (AvgIpc) is 2.89. The van der Waals surface area contributed by atoms with E-state index in [1.165, 1.54) is 5.56 Å². The first-order chi connectivity index (χ1) is 8.92. The van der Waals surface area contributed by atoms with Crippen LogP contribution in [-0.4, -0.2) is 9.97 Å². The Balaban J connectivity index is 0.00000133. The van der Waals surface area contributed by atoms with Crippen molar-refractivity contribution in [2.45, 2.75) is 6.42 Å². The van der Waals surface area contributed by atoms with Crippen molar-refractivity contribution >= 4 is 23.7 Å². The van der Waals surface area contributed by atoms with Gasteiger partial charge in [-0.15, -0.1) is 23.7 Å². The van der Waals surface area contributed by atoms with Crippen LogP contribution in [0.2, 0.25) is 0 Å². The van der Waals surface area contributed by atoms with Gasteiger partial charge in [0, 0.05) is 18.0 Å². The summed E-state index contributed by atoms with van der Waals surface area (Å²) in [5.41, 5.74) is 3.34. The van der Waals surface area contributed by atoms with Crippen LogP contribution in [0.5, 0.6) is 0 Å². The summed E-state index contributed by atoms with van der Waals surface area (Å²) in [4.78, 5) is 8.95. The van der Waals surface area contributed by atoms with Gasteiger partial charge in [-0.1, -0.05) is 36.4 Å². The molecule has 0 bridgehead atoms. The lowest BCUT2D eigenvalue weighted by atomic mass is 10.1. The predicted octanol–water partition coefficient (Wildman–Crippen LogP) is 4.22. The summed E-state index contributed by atoms with van der Waals surface area (Å²) in [5.74, 6) is 0. The summed E-state index contributed by atoms with van der Waals surface area (Å²) in [5, 5.41) is 3.10. The van der Waals surface area contributed by atoms with E-state index in [0.29, 0.717) is 0 Å². The van der Waals surface area contributed by atoms with E-state index in [1.807, 2.05) is 24.3 Å². The molecule has 2 aromatic heterocycles. The van der Waals surface area contributed by atoms with E-state index in [9.17, 15) is 0 Å². The molecule has 0 aliphatic rings. The van der Waals surface area contributed by atoms with Gasteiger partial charge in [-0.25, -0.2) is 4.98 Å². The van der Waals surface area contributed by atoms with Gasteiger partial charge in [-0.05, 0) is 17.7 Å². The van der Waals surface area contributed by atoms with Crippen molar-refractivity contribution in [1.29, 1.82) is 0 Å². The van der Waals surface area contributed by atoms with Crippen molar-refractivity contribution in [2.75, 3.05) is 0 Å². The lowest BCUT2D eigenvalue weighted by molar-refractivity contribution is 1.10. The highest BCUT2D eigenvalue weighted by atomic mass is 35.5. The Morgan fingerprint density at radius 3 is 2.47 bits per heavy atom. The molecule has 0 aliphatic carbocycles. The van der Waals surface area contributed by atoms with E-state index < -0.39 is 0 Å². The highest BCUT2D eigenvalue weighted by Crippen LogP contribution is 2.22. The van der Waals surface area contributed by atoms with Crippen molar-refractivity contribution < 1.29 is 0 Å². The van der Waals surface area contributed by atoms with E-state index in [0.717, 1.165) is 22.8 Å². The minimum absolute atomic E-state index is 0. The molecule has 0 saturated carbocycles. The Bertz CT molecular complexity index is 623. The first-order valence-corrected chi connectivity index (χ1v) is 6.69. The first kappa shape index (κ1) is 13.7. The summed E-state index contributed by atoms with van der Waals surface area (Å²) in [7, 11) is 0. The van der Waals surface area contributed by atoms with Crippen molar-refractivity contribution in [3.63, 3.8) is 0 Å². The molecule has 3 rings (SSSR count). The minimum Gasteiger partial charge on any atom is -0.254 e. The molecule has 0 aliphatic heterocycles. The number of benzene rings is 1. The number of pyridine rings is 1. The standard InChI is InChI=1S/C15H12N2S.ClH/c1-2-6-12(7-3-1)10-13-11-18-15(17-13)14-8-4-5-9-16-14;/h1-9,11H,10H2;1H. The predicted molar refractivity (Wildman–Crippen MR) is 81.8 cm³/mol. The van der Waals surface area contributed by atoms with Gasteiger partial charge in [0.15, 0.2) is 0 Å². The molecule has 3 aromatic rings. The van der Waals surface area contributed by atoms with Crippen LogP contribution >= 0.6 is 23.7 Å². The zero-order chi connectivity index (χ0) is 12.2. The number of thiazole rings is 1. The quantitative estimate of drug-likeness (QED) is 0.721. The molecule has 2 nitrogen and oxygen atoms in total. The van der Waals surface area contributed by atoms with Gasteiger partial charge in [-0.3, -0.25) is 4.98 Å². The molecule has 96 valence electrons. The lowest BCUT2D eigenvalue weighted by Gasteiger charge is -1.97. The molecular weight excluding hydrogens is 276 g/mol. The fourth-order valence-corrected chi connectivity index (χ4v) is 2.60. The number of hydrogen-bond acceptors (Lipinski definition) is 3. The van der Waals surface area contributed by atoms with Crippen LogP contribution in [0.25, 0.3) is 10.7 Å². The van der Waals surface area contributed by atoms with E-state index in [-0.39, 0.29) is 12.4 Å².